The molecule has 4 rings (SSSR count). The highest BCUT2D eigenvalue weighted by molar-refractivity contribution is 5.98. The number of carbonyl (C=O) groups excluding carboxylic acids is 4. The lowest BCUT2D eigenvalue weighted by molar-refractivity contribution is -0.198. The number of aromatic nitrogens is 1. The van der Waals surface area contributed by atoms with Gasteiger partial charge in [-0.1, -0.05) is 0 Å². The molecule has 12 nitrogen and oxygen atoms in total. The minimum absolute atomic E-state index is 0.207. The van der Waals surface area contributed by atoms with Crippen LogP contribution < -0.4 is 10.6 Å². The molecule has 0 radical (unpaired) electrons. The molecule has 1 aromatic carbocycles. The van der Waals surface area contributed by atoms with Crippen LogP contribution in [-0.4, -0.2) is 82.1 Å². The number of benzene rings is 1. The highest BCUT2D eigenvalue weighted by Crippen LogP contribution is 2.27. The van der Waals surface area contributed by atoms with E-state index < -0.39 is 119 Å². The van der Waals surface area contributed by atoms with E-state index in [1.165, 1.54) is 6.07 Å². The van der Waals surface area contributed by atoms with Crippen LogP contribution in [0.1, 0.15) is 36.3 Å². The summed E-state index contributed by atoms with van der Waals surface area (Å²) in [4.78, 5) is 56.1. The van der Waals surface area contributed by atoms with E-state index in [0.29, 0.717) is 0 Å². The number of aromatic hydroxyl groups is 1. The van der Waals surface area contributed by atoms with Crippen molar-refractivity contribution in [2.45, 2.75) is 63.2 Å². The van der Waals surface area contributed by atoms with Gasteiger partial charge in [0.15, 0.2) is 29.0 Å². The average Bonchev–Trinajstić information content (AvgIpc) is 2.96. The molecule has 2 aliphatic rings. The van der Waals surface area contributed by atoms with Gasteiger partial charge in [0.2, 0.25) is 17.8 Å². The zero-order valence-corrected chi connectivity index (χ0v) is 23.0. The fourth-order valence-corrected chi connectivity index (χ4v) is 4.56. The number of cyclic esters (lactones) is 2. The molecule has 1 aromatic heterocycles. The van der Waals surface area contributed by atoms with Crippen LogP contribution in [0.25, 0.3) is 0 Å². The van der Waals surface area contributed by atoms with E-state index >= 15 is 0 Å². The minimum Gasteiger partial charge on any atom is -0.505 e. The molecule has 17 heteroatoms. The molecule has 0 spiro atoms. The number of aliphatic hydroxyl groups excluding tert-OH is 1. The van der Waals surface area contributed by atoms with Gasteiger partial charge in [-0.05, 0) is 26.0 Å². The van der Waals surface area contributed by atoms with Gasteiger partial charge in [-0.15, -0.1) is 0 Å². The summed E-state index contributed by atoms with van der Waals surface area (Å²) in [5.41, 5.74) is -1.97. The van der Waals surface area contributed by atoms with Crippen molar-refractivity contribution < 1.29 is 65.6 Å². The lowest BCUT2D eigenvalue weighted by atomic mass is 9.91. The fourth-order valence-electron chi connectivity index (χ4n) is 4.56. The number of nitrogens with zero attached hydrogens (tertiary/aromatic N) is 1. The van der Waals surface area contributed by atoms with Crippen molar-refractivity contribution in [1.82, 2.24) is 15.6 Å². The summed E-state index contributed by atoms with van der Waals surface area (Å²) in [6.45, 7) is 2.41. The van der Waals surface area contributed by atoms with Gasteiger partial charge in [0.05, 0.1) is 18.1 Å². The third kappa shape index (κ3) is 6.42. The maximum atomic E-state index is 14.6. The SMILES string of the molecule is C[C@H]1OC(=O)C(C2CCO2)OC(=O)[C@H](C)[C@H](O)[C@H](Cc2c(F)c(F)c(F)c(F)c2F)NC(=O)[C@H]1NC(=O)c1ncccc1O. The summed E-state index contributed by atoms with van der Waals surface area (Å²) in [6.07, 6.45) is -6.19. The van der Waals surface area contributed by atoms with Crippen molar-refractivity contribution in [2.75, 3.05) is 6.61 Å². The number of pyridine rings is 1. The second-order valence-corrected chi connectivity index (χ2v) is 10.2. The van der Waals surface area contributed by atoms with Crippen molar-refractivity contribution in [3.63, 3.8) is 0 Å². The molecule has 2 fully saturated rings. The van der Waals surface area contributed by atoms with Gasteiger partial charge in [-0.25, -0.2) is 31.7 Å². The molecule has 2 aliphatic heterocycles. The van der Waals surface area contributed by atoms with Gasteiger partial charge < -0.3 is 35.1 Å². The quantitative estimate of drug-likeness (QED) is 0.161. The van der Waals surface area contributed by atoms with Crippen LogP contribution in [0.15, 0.2) is 18.3 Å². The van der Waals surface area contributed by atoms with Crippen molar-refractivity contribution in [1.29, 1.82) is 0 Å². The maximum Gasteiger partial charge on any atom is 0.350 e. The zero-order chi connectivity index (χ0) is 32.5. The lowest BCUT2D eigenvalue weighted by Gasteiger charge is -2.36. The Hall–Kier alpha value is -4.38. The Morgan fingerprint density at radius 1 is 1.02 bits per heavy atom. The Labute approximate surface area is 245 Å². The Kier molecular flexibility index (Phi) is 9.68. The van der Waals surface area contributed by atoms with E-state index in [4.69, 9.17) is 14.2 Å². The predicted octanol–water partition coefficient (Wildman–Crippen LogP) is 0.952. The van der Waals surface area contributed by atoms with Gasteiger partial charge >= 0.3 is 11.9 Å². The summed E-state index contributed by atoms with van der Waals surface area (Å²) < 4.78 is 86.6. The Morgan fingerprint density at radius 3 is 2.20 bits per heavy atom. The summed E-state index contributed by atoms with van der Waals surface area (Å²) in [7, 11) is 0. The Balaban J connectivity index is 1.75. The van der Waals surface area contributed by atoms with E-state index in [9.17, 15) is 51.3 Å². The van der Waals surface area contributed by atoms with Crippen LogP contribution >= 0.6 is 0 Å². The summed E-state index contributed by atoms with van der Waals surface area (Å²) in [5.74, 6) is -18.6. The number of ether oxygens (including phenoxy) is 3. The maximum absolute atomic E-state index is 14.6. The number of rotatable bonds is 5. The molecule has 7 atom stereocenters. The normalized spacial score (nSPS) is 28.0. The van der Waals surface area contributed by atoms with Crippen LogP contribution in [0.3, 0.4) is 0 Å². The number of hydrogen-bond acceptors (Lipinski definition) is 10. The number of carbonyl (C=O) groups is 4. The number of hydrogen-bond donors (Lipinski definition) is 4. The number of amides is 2. The molecule has 0 aliphatic carbocycles. The first kappa shape index (κ1) is 32.5. The minimum atomic E-state index is -2.44. The molecule has 0 bridgehead atoms. The number of esters is 2. The van der Waals surface area contributed by atoms with E-state index in [1.54, 1.807) is 0 Å². The summed E-state index contributed by atoms with van der Waals surface area (Å²) >= 11 is 0. The monoisotopic (exact) mass is 631 g/mol. The molecule has 44 heavy (non-hydrogen) atoms. The molecule has 238 valence electrons. The van der Waals surface area contributed by atoms with Crippen molar-refractivity contribution in [3.8, 4) is 5.75 Å². The standard InChI is InChI=1S/C27H26F5N3O9/c1-9-22(37)12(8-11-15(28)17(30)19(32)18(31)16(11)29)34-24(38)20(35-25(39)21-13(36)4-3-6-33-21)10(2)43-27(41)23(44-26(9)40)14-5-7-42-14/h3-4,6,9-10,12,14,20,22-23,36-37H,5,7-8H2,1-2H3,(H,34,38)(H,35,39)/t9-,10-,12+,14?,20+,22+,23?/m1/s1. The summed E-state index contributed by atoms with van der Waals surface area (Å²) in [5, 5.41) is 25.4. The van der Waals surface area contributed by atoms with Crippen LogP contribution in [0.4, 0.5) is 22.0 Å². The van der Waals surface area contributed by atoms with E-state index in [-0.39, 0.29) is 13.0 Å². The van der Waals surface area contributed by atoms with Gasteiger partial charge in [-0.2, -0.15) is 0 Å². The number of halogens is 5. The molecule has 0 saturated carbocycles. The van der Waals surface area contributed by atoms with Gasteiger partial charge in [-0.3, -0.25) is 14.4 Å². The second kappa shape index (κ2) is 13.1. The van der Waals surface area contributed by atoms with Crippen LogP contribution in [0, 0.1) is 35.0 Å². The van der Waals surface area contributed by atoms with Crippen LogP contribution in [0.2, 0.25) is 0 Å². The van der Waals surface area contributed by atoms with Gasteiger partial charge in [0.25, 0.3) is 5.91 Å². The van der Waals surface area contributed by atoms with Crippen molar-refractivity contribution in [3.05, 3.63) is 58.7 Å². The van der Waals surface area contributed by atoms with Crippen molar-refractivity contribution >= 4 is 23.8 Å². The van der Waals surface area contributed by atoms with E-state index in [1.807, 2.05) is 0 Å². The third-order valence-corrected chi connectivity index (χ3v) is 7.24. The first-order chi connectivity index (χ1) is 20.7. The van der Waals surface area contributed by atoms with Crippen molar-refractivity contribution in [2.24, 2.45) is 5.92 Å². The van der Waals surface area contributed by atoms with E-state index in [0.717, 1.165) is 26.1 Å². The lowest BCUT2D eigenvalue weighted by Crippen LogP contribution is -2.60. The largest absolute Gasteiger partial charge is 0.505 e. The smallest absolute Gasteiger partial charge is 0.350 e. The Morgan fingerprint density at radius 2 is 1.64 bits per heavy atom. The molecular formula is C27H26F5N3O9. The highest BCUT2D eigenvalue weighted by atomic mass is 19.2. The predicted molar refractivity (Wildman–Crippen MR) is 134 cm³/mol. The highest BCUT2D eigenvalue weighted by Gasteiger charge is 2.44. The van der Waals surface area contributed by atoms with Gasteiger partial charge in [0, 0.05) is 31.2 Å². The molecule has 2 aromatic rings. The number of nitrogens with one attached hydrogen (secondary N) is 2. The number of aliphatic hydroxyl groups is 1. The molecule has 3 heterocycles. The second-order valence-electron chi connectivity index (χ2n) is 10.2. The van der Waals surface area contributed by atoms with Gasteiger partial charge in [0.1, 0.15) is 24.0 Å². The first-order valence-electron chi connectivity index (χ1n) is 13.2. The average molecular weight is 632 g/mol. The molecule has 2 unspecified atom stereocenters. The van der Waals surface area contributed by atoms with Crippen LogP contribution in [-0.2, 0) is 35.0 Å². The first-order valence-corrected chi connectivity index (χ1v) is 13.2. The molecule has 2 amide bonds. The molecular weight excluding hydrogens is 605 g/mol. The fraction of sp³-hybridized carbons (Fsp3) is 0.444. The van der Waals surface area contributed by atoms with E-state index in [2.05, 4.69) is 15.6 Å². The Bertz CT molecular complexity index is 1450. The summed E-state index contributed by atoms with van der Waals surface area (Å²) in [6, 6.07) is -1.40. The molecule has 4 N–H and O–H groups in total. The zero-order valence-electron chi connectivity index (χ0n) is 23.0. The topological polar surface area (TPSA) is 173 Å². The molecule has 2 saturated heterocycles. The van der Waals surface area contributed by atoms with Crippen LogP contribution in [0.5, 0.6) is 5.75 Å². The third-order valence-electron chi connectivity index (χ3n) is 7.24.